The molecule has 1 N–H and O–H groups in total. The molecular formula is C14H18ClNO3. The predicted molar refractivity (Wildman–Crippen MR) is 73.7 cm³/mol. The number of carbonyl (C=O) groups excluding carboxylic acids is 1. The van der Waals surface area contributed by atoms with E-state index in [1.165, 1.54) is 12.1 Å². The standard InChI is InChI=1S/C14H18ClNO3/c1-2-19-11-4-3-7-16(9-11)14(18)10-5-6-13(17)12(15)8-10/h5-6,8,11,17H,2-4,7,9H2,1H3. The van der Waals surface area contributed by atoms with E-state index in [1.807, 2.05) is 6.92 Å². The molecule has 0 bridgehead atoms. The van der Waals surface area contributed by atoms with Crippen LogP contribution in [0.4, 0.5) is 0 Å². The minimum Gasteiger partial charge on any atom is -0.506 e. The van der Waals surface area contributed by atoms with E-state index >= 15 is 0 Å². The Labute approximate surface area is 117 Å². The van der Waals surface area contributed by atoms with Gasteiger partial charge < -0.3 is 14.7 Å². The molecule has 0 saturated carbocycles. The molecule has 104 valence electrons. The molecule has 0 aromatic heterocycles. The third-order valence-electron chi connectivity index (χ3n) is 3.26. The van der Waals surface area contributed by atoms with Crippen molar-refractivity contribution in [2.75, 3.05) is 19.7 Å². The number of nitrogens with zero attached hydrogens (tertiary/aromatic N) is 1. The summed E-state index contributed by atoms with van der Waals surface area (Å²) in [5, 5.41) is 9.57. The van der Waals surface area contributed by atoms with Gasteiger partial charge in [-0.3, -0.25) is 4.79 Å². The van der Waals surface area contributed by atoms with Gasteiger partial charge in [0.25, 0.3) is 5.91 Å². The van der Waals surface area contributed by atoms with Gasteiger partial charge in [0.1, 0.15) is 5.75 Å². The second-order valence-corrected chi connectivity index (χ2v) is 5.04. The first-order valence-corrected chi connectivity index (χ1v) is 6.89. The first kappa shape index (κ1) is 14.2. The van der Waals surface area contributed by atoms with E-state index in [-0.39, 0.29) is 22.8 Å². The van der Waals surface area contributed by atoms with E-state index in [1.54, 1.807) is 11.0 Å². The summed E-state index contributed by atoms with van der Waals surface area (Å²) in [5.41, 5.74) is 0.500. The van der Waals surface area contributed by atoms with Crippen LogP contribution in [-0.4, -0.2) is 41.7 Å². The monoisotopic (exact) mass is 283 g/mol. The Morgan fingerprint density at radius 1 is 1.58 bits per heavy atom. The Balaban J connectivity index is 2.08. The molecule has 1 fully saturated rings. The van der Waals surface area contributed by atoms with E-state index in [4.69, 9.17) is 16.3 Å². The average molecular weight is 284 g/mol. The van der Waals surface area contributed by atoms with Crippen LogP contribution in [0.3, 0.4) is 0 Å². The molecule has 0 aliphatic carbocycles. The van der Waals surface area contributed by atoms with Crippen LogP contribution in [0.1, 0.15) is 30.1 Å². The average Bonchev–Trinajstić information content (AvgIpc) is 2.42. The molecule has 1 saturated heterocycles. The quantitative estimate of drug-likeness (QED) is 0.928. The molecule has 2 rings (SSSR count). The number of hydrogen-bond acceptors (Lipinski definition) is 3. The van der Waals surface area contributed by atoms with Gasteiger partial charge in [-0.25, -0.2) is 0 Å². The molecule has 0 spiro atoms. The number of rotatable bonds is 3. The van der Waals surface area contributed by atoms with E-state index in [2.05, 4.69) is 0 Å². The maximum atomic E-state index is 12.3. The maximum Gasteiger partial charge on any atom is 0.253 e. The third-order valence-corrected chi connectivity index (χ3v) is 3.57. The van der Waals surface area contributed by atoms with E-state index in [0.29, 0.717) is 18.7 Å². The zero-order chi connectivity index (χ0) is 13.8. The summed E-state index contributed by atoms with van der Waals surface area (Å²) < 4.78 is 5.58. The van der Waals surface area contributed by atoms with Gasteiger partial charge >= 0.3 is 0 Å². The van der Waals surface area contributed by atoms with Crippen LogP contribution in [0.15, 0.2) is 18.2 Å². The van der Waals surface area contributed by atoms with Crippen molar-refractivity contribution in [2.45, 2.75) is 25.9 Å². The Morgan fingerprint density at radius 2 is 2.37 bits per heavy atom. The molecule has 1 aromatic rings. The molecule has 0 radical (unpaired) electrons. The van der Waals surface area contributed by atoms with Crippen LogP contribution in [0.5, 0.6) is 5.75 Å². The number of likely N-dealkylation sites (tertiary alicyclic amines) is 1. The fourth-order valence-electron chi connectivity index (χ4n) is 2.32. The Kier molecular flexibility index (Phi) is 4.66. The Morgan fingerprint density at radius 3 is 3.05 bits per heavy atom. The van der Waals surface area contributed by atoms with Crippen molar-refractivity contribution < 1.29 is 14.6 Å². The number of piperidine rings is 1. The number of phenolic OH excluding ortho intramolecular Hbond substituents is 1. The Bertz CT molecular complexity index is 462. The Hall–Kier alpha value is -1.26. The van der Waals surface area contributed by atoms with Gasteiger partial charge in [0, 0.05) is 25.3 Å². The molecule has 1 unspecified atom stereocenters. The first-order chi connectivity index (χ1) is 9.11. The van der Waals surface area contributed by atoms with Crippen molar-refractivity contribution in [3.05, 3.63) is 28.8 Å². The summed E-state index contributed by atoms with van der Waals surface area (Å²) in [6.07, 6.45) is 2.06. The lowest BCUT2D eigenvalue weighted by molar-refractivity contribution is 0.00724. The SMILES string of the molecule is CCOC1CCCN(C(=O)c2ccc(O)c(Cl)c2)C1. The van der Waals surface area contributed by atoms with Crippen molar-refractivity contribution in [2.24, 2.45) is 0 Å². The second-order valence-electron chi connectivity index (χ2n) is 4.64. The van der Waals surface area contributed by atoms with Gasteiger partial charge in [0.2, 0.25) is 0 Å². The van der Waals surface area contributed by atoms with Crippen LogP contribution in [-0.2, 0) is 4.74 Å². The number of benzene rings is 1. The second kappa shape index (κ2) is 6.26. The summed E-state index contributed by atoms with van der Waals surface area (Å²) in [4.78, 5) is 14.1. The highest BCUT2D eigenvalue weighted by Crippen LogP contribution is 2.25. The van der Waals surface area contributed by atoms with Crippen molar-refractivity contribution >= 4 is 17.5 Å². The molecule has 1 atom stereocenters. The zero-order valence-corrected chi connectivity index (χ0v) is 11.7. The smallest absolute Gasteiger partial charge is 0.253 e. The highest BCUT2D eigenvalue weighted by molar-refractivity contribution is 6.32. The summed E-state index contributed by atoms with van der Waals surface area (Å²) in [5.74, 6) is -0.0737. The lowest BCUT2D eigenvalue weighted by Gasteiger charge is -2.32. The molecular weight excluding hydrogens is 266 g/mol. The van der Waals surface area contributed by atoms with E-state index < -0.39 is 0 Å². The van der Waals surface area contributed by atoms with E-state index in [9.17, 15) is 9.90 Å². The van der Waals surface area contributed by atoms with Gasteiger partial charge in [-0.15, -0.1) is 0 Å². The van der Waals surface area contributed by atoms with Gasteiger partial charge in [0.05, 0.1) is 11.1 Å². The molecule has 1 aromatic carbocycles. The largest absolute Gasteiger partial charge is 0.506 e. The lowest BCUT2D eigenvalue weighted by atomic mass is 10.1. The fraction of sp³-hybridized carbons (Fsp3) is 0.500. The molecule has 5 heteroatoms. The van der Waals surface area contributed by atoms with Gasteiger partial charge in [-0.1, -0.05) is 11.6 Å². The number of halogens is 1. The highest BCUT2D eigenvalue weighted by Gasteiger charge is 2.24. The van der Waals surface area contributed by atoms with Crippen molar-refractivity contribution in [3.63, 3.8) is 0 Å². The summed E-state index contributed by atoms with van der Waals surface area (Å²) >= 11 is 5.83. The van der Waals surface area contributed by atoms with E-state index in [0.717, 1.165) is 19.4 Å². The number of phenols is 1. The third kappa shape index (κ3) is 3.39. The summed E-state index contributed by atoms with van der Waals surface area (Å²) in [6, 6.07) is 4.54. The van der Waals surface area contributed by atoms with Crippen LogP contribution in [0, 0.1) is 0 Å². The molecule has 1 amide bonds. The molecule has 4 nitrogen and oxygen atoms in total. The highest BCUT2D eigenvalue weighted by atomic mass is 35.5. The zero-order valence-electron chi connectivity index (χ0n) is 10.9. The van der Waals surface area contributed by atoms with Crippen LogP contribution in [0.2, 0.25) is 5.02 Å². The van der Waals surface area contributed by atoms with Crippen molar-refractivity contribution in [1.82, 2.24) is 4.90 Å². The number of amides is 1. The number of aromatic hydroxyl groups is 1. The normalized spacial score (nSPS) is 19.5. The van der Waals surface area contributed by atoms with Crippen LogP contribution < -0.4 is 0 Å². The number of carbonyl (C=O) groups is 1. The summed E-state index contributed by atoms with van der Waals surface area (Å²) in [7, 11) is 0. The molecule has 1 aliphatic heterocycles. The van der Waals surface area contributed by atoms with Crippen molar-refractivity contribution in [1.29, 1.82) is 0 Å². The molecule has 19 heavy (non-hydrogen) atoms. The topological polar surface area (TPSA) is 49.8 Å². The minimum absolute atomic E-state index is 0.0101. The van der Waals surface area contributed by atoms with Crippen LogP contribution in [0.25, 0.3) is 0 Å². The lowest BCUT2D eigenvalue weighted by Crippen LogP contribution is -2.43. The van der Waals surface area contributed by atoms with Gasteiger partial charge in [0.15, 0.2) is 0 Å². The van der Waals surface area contributed by atoms with Gasteiger partial charge in [-0.2, -0.15) is 0 Å². The fourth-order valence-corrected chi connectivity index (χ4v) is 2.50. The number of hydrogen-bond donors (Lipinski definition) is 1. The molecule has 1 aliphatic rings. The predicted octanol–water partition coefficient (Wildman–Crippen LogP) is 2.69. The van der Waals surface area contributed by atoms with Gasteiger partial charge in [-0.05, 0) is 38.0 Å². The minimum atomic E-state index is -0.0636. The number of ether oxygens (including phenoxy) is 1. The molecule has 1 heterocycles. The van der Waals surface area contributed by atoms with Crippen LogP contribution >= 0.6 is 11.6 Å². The first-order valence-electron chi connectivity index (χ1n) is 6.51. The van der Waals surface area contributed by atoms with Crippen molar-refractivity contribution in [3.8, 4) is 5.75 Å². The summed E-state index contributed by atoms with van der Waals surface area (Å²) in [6.45, 7) is 3.98. The maximum absolute atomic E-state index is 12.3.